The number of carbonyl (C=O) groups is 1. The van der Waals surface area contributed by atoms with Gasteiger partial charge in [-0.25, -0.2) is 9.18 Å². The molecule has 7 heteroatoms. The molecule has 3 unspecified atom stereocenters. The number of rotatable bonds is 4. The lowest BCUT2D eigenvalue weighted by atomic mass is 9.65. The average molecular weight is 413 g/mol. The Morgan fingerprint density at radius 3 is 2.60 bits per heavy atom. The van der Waals surface area contributed by atoms with Crippen LogP contribution in [0.4, 0.5) is 9.18 Å². The number of piperidine rings is 2. The Labute approximate surface area is 176 Å². The number of hydrogen-bond acceptors (Lipinski definition) is 4. The Bertz CT molecular complexity index is 935. The van der Waals surface area contributed by atoms with Crippen molar-refractivity contribution in [3.05, 3.63) is 59.4 Å². The molecule has 3 atom stereocenters. The van der Waals surface area contributed by atoms with E-state index < -0.39 is 17.6 Å². The van der Waals surface area contributed by atoms with Crippen molar-refractivity contribution in [3.8, 4) is 11.1 Å². The van der Waals surface area contributed by atoms with E-state index in [1.54, 1.807) is 17.0 Å². The predicted molar refractivity (Wildman–Crippen MR) is 114 cm³/mol. The van der Waals surface area contributed by atoms with Crippen molar-refractivity contribution in [2.45, 2.75) is 18.1 Å². The molecule has 2 amide bonds. The van der Waals surface area contributed by atoms with Crippen molar-refractivity contribution in [2.75, 3.05) is 40.3 Å². The van der Waals surface area contributed by atoms with Gasteiger partial charge in [0.25, 0.3) is 0 Å². The van der Waals surface area contributed by atoms with Gasteiger partial charge in [0.05, 0.1) is 11.5 Å². The van der Waals surface area contributed by atoms with Gasteiger partial charge in [-0.15, -0.1) is 0 Å². The minimum atomic E-state index is -0.612. The zero-order chi connectivity index (χ0) is 21.5. The first-order chi connectivity index (χ1) is 14.3. The number of likely N-dealkylation sites (N-methyl/N-ethyl adjacent to an activating group) is 1. The van der Waals surface area contributed by atoms with Crippen molar-refractivity contribution in [1.29, 1.82) is 0 Å². The van der Waals surface area contributed by atoms with Crippen molar-refractivity contribution in [3.63, 3.8) is 0 Å². The number of amides is 2. The average Bonchev–Trinajstić information content (AvgIpc) is 2.69. The smallest absolute Gasteiger partial charge is 0.314 e. The molecule has 0 saturated carbocycles. The Morgan fingerprint density at radius 1 is 1.23 bits per heavy atom. The van der Waals surface area contributed by atoms with Gasteiger partial charge in [0.15, 0.2) is 0 Å². The SMILES string of the molecule is CNCc1ccc(-c2ccc(C34CN(C)CC(CN(C(N)=O)C3)C4O)cc2)c(F)c1. The lowest BCUT2D eigenvalue weighted by molar-refractivity contribution is -0.0818. The molecule has 2 fully saturated rings. The maximum Gasteiger partial charge on any atom is 0.314 e. The highest BCUT2D eigenvalue weighted by atomic mass is 19.1. The van der Waals surface area contributed by atoms with Crippen LogP contribution in [0.3, 0.4) is 0 Å². The highest BCUT2D eigenvalue weighted by Gasteiger charge is 2.53. The number of hydrogen-bond donors (Lipinski definition) is 3. The third-order valence-corrected chi connectivity index (χ3v) is 6.54. The molecule has 160 valence electrons. The van der Waals surface area contributed by atoms with Crippen molar-refractivity contribution in [1.82, 2.24) is 15.1 Å². The molecule has 0 aromatic heterocycles. The number of aliphatic hydroxyl groups is 1. The highest BCUT2D eigenvalue weighted by Crippen LogP contribution is 2.41. The zero-order valence-electron chi connectivity index (χ0n) is 17.4. The predicted octanol–water partition coefficient (Wildman–Crippen LogP) is 1.77. The maximum absolute atomic E-state index is 14.6. The van der Waals surface area contributed by atoms with Gasteiger partial charge in [0.2, 0.25) is 0 Å². The van der Waals surface area contributed by atoms with Gasteiger partial charge >= 0.3 is 6.03 Å². The van der Waals surface area contributed by atoms with Crippen molar-refractivity contribution >= 4 is 6.03 Å². The highest BCUT2D eigenvalue weighted by molar-refractivity contribution is 5.72. The molecular formula is C23H29FN4O2. The number of nitrogens with one attached hydrogen (secondary N) is 1. The van der Waals surface area contributed by atoms with E-state index in [-0.39, 0.29) is 11.7 Å². The van der Waals surface area contributed by atoms with E-state index in [4.69, 9.17) is 5.73 Å². The second-order valence-electron chi connectivity index (χ2n) is 8.70. The van der Waals surface area contributed by atoms with Crippen LogP contribution in [0.25, 0.3) is 11.1 Å². The van der Waals surface area contributed by atoms with Gasteiger partial charge in [-0.05, 0) is 36.9 Å². The van der Waals surface area contributed by atoms with Crippen molar-refractivity contribution in [2.24, 2.45) is 11.7 Å². The van der Waals surface area contributed by atoms with Crippen LogP contribution in [-0.4, -0.2) is 67.3 Å². The molecule has 4 N–H and O–H groups in total. The molecule has 2 aromatic carbocycles. The van der Waals surface area contributed by atoms with Crippen LogP contribution in [0.5, 0.6) is 0 Å². The fourth-order valence-electron chi connectivity index (χ4n) is 5.19. The third kappa shape index (κ3) is 3.57. The first-order valence-corrected chi connectivity index (χ1v) is 10.3. The lowest BCUT2D eigenvalue weighted by Gasteiger charge is -2.55. The van der Waals surface area contributed by atoms with E-state index >= 15 is 0 Å². The van der Waals surface area contributed by atoms with Crippen LogP contribution in [0.2, 0.25) is 0 Å². The van der Waals surface area contributed by atoms with Gasteiger partial charge in [-0.2, -0.15) is 0 Å². The van der Waals surface area contributed by atoms with E-state index in [1.807, 2.05) is 44.4 Å². The number of aliphatic hydroxyl groups excluding tert-OH is 1. The summed E-state index contributed by atoms with van der Waals surface area (Å²) >= 11 is 0. The molecule has 30 heavy (non-hydrogen) atoms. The van der Waals surface area contributed by atoms with Gasteiger partial charge in [-0.3, -0.25) is 0 Å². The summed E-state index contributed by atoms with van der Waals surface area (Å²) in [6, 6.07) is 12.5. The van der Waals surface area contributed by atoms with Crippen LogP contribution in [0.15, 0.2) is 42.5 Å². The monoisotopic (exact) mass is 412 g/mol. The number of carbonyl (C=O) groups excluding carboxylic acids is 1. The summed E-state index contributed by atoms with van der Waals surface area (Å²) < 4.78 is 14.6. The molecule has 0 radical (unpaired) electrons. The normalized spacial score (nSPS) is 26.6. The molecule has 2 bridgehead atoms. The summed E-state index contributed by atoms with van der Waals surface area (Å²) in [4.78, 5) is 15.7. The Hall–Kier alpha value is -2.48. The standard InChI is InChI=1S/C23H29FN4O2/c1-26-10-15-3-8-19(20(24)9-15)16-4-6-18(7-5-16)23-13-27(2)11-17(21(23)29)12-28(14-23)22(25)30/h3-9,17,21,26,29H,10-14H2,1-2H3,(H2,25,30). The maximum atomic E-state index is 14.6. The van der Waals surface area contributed by atoms with Crippen LogP contribution in [-0.2, 0) is 12.0 Å². The van der Waals surface area contributed by atoms with E-state index in [2.05, 4.69) is 10.2 Å². The third-order valence-electron chi connectivity index (χ3n) is 6.54. The number of fused-ring (bicyclic) bond motifs is 2. The summed E-state index contributed by atoms with van der Waals surface area (Å²) in [7, 11) is 3.86. The minimum Gasteiger partial charge on any atom is -0.392 e. The molecule has 2 aromatic rings. The Morgan fingerprint density at radius 2 is 1.97 bits per heavy atom. The van der Waals surface area contributed by atoms with E-state index in [0.717, 1.165) is 23.2 Å². The van der Waals surface area contributed by atoms with Gasteiger partial charge in [-0.1, -0.05) is 36.4 Å². The van der Waals surface area contributed by atoms with E-state index in [9.17, 15) is 14.3 Å². The number of nitrogens with zero attached hydrogens (tertiary/aromatic N) is 2. The zero-order valence-corrected chi connectivity index (χ0v) is 17.4. The Kier molecular flexibility index (Phi) is 5.53. The molecule has 0 aliphatic carbocycles. The van der Waals surface area contributed by atoms with Crippen molar-refractivity contribution < 1.29 is 14.3 Å². The molecule has 2 aliphatic rings. The molecule has 2 aliphatic heterocycles. The molecule has 2 saturated heterocycles. The fourth-order valence-corrected chi connectivity index (χ4v) is 5.19. The van der Waals surface area contributed by atoms with Crippen LogP contribution >= 0.6 is 0 Å². The minimum absolute atomic E-state index is 0.0539. The second-order valence-corrected chi connectivity index (χ2v) is 8.70. The summed E-state index contributed by atoms with van der Waals surface area (Å²) in [5, 5.41) is 14.2. The van der Waals surface area contributed by atoms with Crippen LogP contribution < -0.4 is 11.1 Å². The number of benzene rings is 2. The molecule has 6 nitrogen and oxygen atoms in total. The van der Waals surface area contributed by atoms with Gasteiger partial charge in [0, 0.05) is 44.2 Å². The fraction of sp³-hybridized carbons (Fsp3) is 0.435. The van der Waals surface area contributed by atoms with Crippen LogP contribution in [0, 0.1) is 11.7 Å². The molecule has 0 spiro atoms. The lowest BCUT2D eigenvalue weighted by Crippen LogP contribution is -2.69. The molecule has 2 heterocycles. The first kappa shape index (κ1) is 20.8. The summed E-state index contributed by atoms with van der Waals surface area (Å²) in [6.07, 6.45) is -0.562. The summed E-state index contributed by atoms with van der Waals surface area (Å²) in [5.74, 6) is -0.314. The number of halogens is 1. The van der Waals surface area contributed by atoms with E-state index in [0.29, 0.717) is 31.7 Å². The number of primary amides is 1. The quantitative estimate of drug-likeness (QED) is 0.715. The largest absolute Gasteiger partial charge is 0.392 e. The number of urea groups is 1. The van der Waals surface area contributed by atoms with E-state index in [1.165, 1.54) is 0 Å². The Balaban J connectivity index is 1.67. The second kappa shape index (κ2) is 7.98. The molecule has 4 rings (SSSR count). The first-order valence-electron chi connectivity index (χ1n) is 10.3. The van der Waals surface area contributed by atoms with Crippen LogP contribution in [0.1, 0.15) is 11.1 Å². The number of nitrogens with two attached hydrogens (primary N) is 1. The summed E-state index contributed by atoms with van der Waals surface area (Å²) in [6.45, 7) is 2.79. The van der Waals surface area contributed by atoms with Gasteiger partial charge < -0.3 is 26.0 Å². The molecular weight excluding hydrogens is 383 g/mol. The topological polar surface area (TPSA) is 81.8 Å². The summed E-state index contributed by atoms with van der Waals surface area (Å²) in [5.41, 5.74) is 8.12. The van der Waals surface area contributed by atoms with Gasteiger partial charge in [0.1, 0.15) is 5.82 Å². The number of likely N-dealkylation sites (tertiary alicyclic amines) is 2.